The van der Waals surface area contributed by atoms with Gasteiger partial charge in [0.1, 0.15) is 10.7 Å². The van der Waals surface area contributed by atoms with Crippen LogP contribution in [0, 0.1) is 5.82 Å². The summed E-state index contributed by atoms with van der Waals surface area (Å²) in [6.45, 7) is 0. The van der Waals surface area contributed by atoms with Gasteiger partial charge in [0.2, 0.25) is 0 Å². The van der Waals surface area contributed by atoms with E-state index in [-0.39, 0.29) is 21.1 Å². The van der Waals surface area contributed by atoms with Crippen LogP contribution < -0.4 is 10.0 Å². The number of hydrogen-bond acceptors (Lipinski definition) is 4. The molecule has 0 saturated heterocycles. The summed E-state index contributed by atoms with van der Waals surface area (Å²) in [5.74, 6) is -1.16. The Balaban J connectivity index is 1.83. The molecule has 5 nitrogen and oxygen atoms in total. The van der Waals surface area contributed by atoms with E-state index < -0.39 is 21.7 Å². The van der Waals surface area contributed by atoms with Crippen molar-refractivity contribution in [1.82, 2.24) is 0 Å². The minimum Gasteiger partial charge on any atom is -0.319 e. The first-order valence-corrected chi connectivity index (χ1v) is 9.55. The molecule has 0 spiro atoms. The van der Waals surface area contributed by atoms with Gasteiger partial charge in [0.05, 0.1) is 16.3 Å². The molecule has 1 amide bonds. The van der Waals surface area contributed by atoms with Gasteiger partial charge in [-0.25, -0.2) is 12.8 Å². The van der Waals surface area contributed by atoms with E-state index in [9.17, 15) is 17.6 Å². The van der Waals surface area contributed by atoms with E-state index in [1.807, 2.05) is 0 Å². The lowest BCUT2D eigenvalue weighted by Crippen LogP contribution is -2.17. The third-order valence-corrected chi connectivity index (χ3v) is 5.59. The molecular formula is C17H13FN2O3S2. The lowest BCUT2D eigenvalue weighted by atomic mass is 10.3. The Morgan fingerprint density at radius 2 is 1.60 bits per heavy atom. The number of anilines is 2. The predicted molar refractivity (Wildman–Crippen MR) is 95.9 cm³/mol. The van der Waals surface area contributed by atoms with E-state index in [1.54, 1.807) is 29.6 Å². The van der Waals surface area contributed by atoms with Gasteiger partial charge in [-0.2, -0.15) is 0 Å². The molecule has 128 valence electrons. The summed E-state index contributed by atoms with van der Waals surface area (Å²) in [4.78, 5) is 12.6. The normalized spacial score (nSPS) is 11.1. The van der Waals surface area contributed by atoms with E-state index >= 15 is 0 Å². The molecule has 0 fully saturated rings. The first-order chi connectivity index (χ1) is 12.0. The number of benzene rings is 2. The number of amides is 1. The van der Waals surface area contributed by atoms with Crippen molar-refractivity contribution in [3.05, 3.63) is 76.7 Å². The number of para-hydroxylation sites is 1. The molecule has 0 unspecified atom stereocenters. The van der Waals surface area contributed by atoms with Crippen molar-refractivity contribution in [1.29, 1.82) is 0 Å². The largest absolute Gasteiger partial charge is 0.319 e. The Morgan fingerprint density at radius 3 is 2.32 bits per heavy atom. The number of carbonyl (C=O) groups is 1. The lowest BCUT2D eigenvalue weighted by Gasteiger charge is -2.10. The summed E-state index contributed by atoms with van der Waals surface area (Å²) in [5.41, 5.74) is 0.167. The number of hydrogen-bond donors (Lipinski definition) is 2. The molecule has 0 radical (unpaired) electrons. The van der Waals surface area contributed by atoms with Crippen LogP contribution in [-0.4, -0.2) is 14.3 Å². The van der Waals surface area contributed by atoms with Crippen LogP contribution in [-0.2, 0) is 10.0 Å². The van der Waals surface area contributed by atoms with Crippen LogP contribution in [0.2, 0.25) is 0 Å². The summed E-state index contributed by atoms with van der Waals surface area (Å²) in [7, 11) is -3.82. The highest BCUT2D eigenvalue weighted by Gasteiger charge is 2.20. The fourth-order valence-corrected chi connectivity index (χ4v) is 4.01. The average Bonchev–Trinajstić information content (AvgIpc) is 3.05. The quantitative estimate of drug-likeness (QED) is 0.708. The van der Waals surface area contributed by atoms with Crippen molar-refractivity contribution in [2.24, 2.45) is 0 Å². The molecule has 0 atom stereocenters. The highest BCUT2D eigenvalue weighted by atomic mass is 32.2. The SMILES string of the molecule is O=C(Nc1ccccc1F)c1sccc1NS(=O)(=O)c1ccccc1. The van der Waals surface area contributed by atoms with Gasteiger partial charge in [-0.1, -0.05) is 30.3 Å². The molecular weight excluding hydrogens is 363 g/mol. The van der Waals surface area contributed by atoms with Crippen LogP contribution >= 0.6 is 11.3 Å². The number of nitrogens with one attached hydrogen (secondary N) is 2. The Morgan fingerprint density at radius 1 is 0.920 bits per heavy atom. The van der Waals surface area contributed by atoms with Gasteiger partial charge in [0.25, 0.3) is 15.9 Å². The first kappa shape index (κ1) is 17.1. The minimum atomic E-state index is -3.82. The smallest absolute Gasteiger partial charge is 0.267 e. The molecule has 1 aromatic heterocycles. The lowest BCUT2D eigenvalue weighted by molar-refractivity contribution is 0.103. The van der Waals surface area contributed by atoms with Crippen molar-refractivity contribution < 1.29 is 17.6 Å². The molecule has 2 aromatic carbocycles. The number of thiophene rings is 1. The van der Waals surface area contributed by atoms with Crippen LogP contribution in [0.1, 0.15) is 9.67 Å². The summed E-state index contributed by atoms with van der Waals surface area (Å²) in [5, 5.41) is 4.02. The second-order valence-corrected chi connectivity index (χ2v) is 7.61. The molecule has 0 aliphatic rings. The molecule has 25 heavy (non-hydrogen) atoms. The van der Waals surface area contributed by atoms with Crippen LogP contribution in [0.4, 0.5) is 15.8 Å². The minimum absolute atomic E-state index is 0.0257. The number of halogens is 1. The summed E-state index contributed by atoms with van der Waals surface area (Å²) >= 11 is 1.06. The zero-order valence-corrected chi connectivity index (χ0v) is 14.4. The predicted octanol–water partition coefficient (Wildman–Crippen LogP) is 3.94. The Hall–Kier alpha value is -2.71. The molecule has 3 aromatic rings. The monoisotopic (exact) mass is 376 g/mol. The highest BCUT2D eigenvalue weighted by Crippen LogP contribution is 2.26. The zero-order valence-electron chi connectivity index (χ0n) is 12.8. The molecule has 3 rings (SSSR count). The number of carbonyl (C=O) groups excluding carboxylic acids is 1. The Bertz CT molecular complexity index is 1000. The second kappa shape index (κ2) is 7.04. The van der Waals surface area contributed by atoms with Gasteiger partial charge >= 0.3 is 0 Å². The Kier molecular flexibility index (Phi) is 4.82. The molecule has 1 heterocycles. The first-order valence-electron chi connectivity index (χ1n) is 7.18. The van der Waals surface area contributed by atoms with Gasteiger partial charge in [0.15, 0.2) is 0 Å². The summed E-state index contributed by atoms with van der Waals surface area (Å²) in [6.07, 6.45) is 0. The standard InChI is InChI=1S/C17H13FN2O3S2/c18-13-8-4-5-9-14(13)19-17(21)16-15(10-11-24-16)20-25(22,23)12-6-2-1-3-7-12/h1-11,20H,(H,19,21). The molecule has 0 aliphatic carbocycles. The molecule has 0 aliphatic heterocycles. The maximum Gasteiger partial charge on any atom is 0.267 e. The fraction of sp³-hybridized carbons (Fsp3) is 0. The fourth-order valence-electron chi connectivity index (χ4n) is 2.11. The molecule has 8 heteroatoms. The number of rotatable bonds is 5. The van der Waals surface area contributed by atoms with Crippen LogP contribution in [0.3, 0.4) is 0 Å². The van der Waals surface area contributed by atoms with Crippen LogP contribution in [0.5, 0.6) is 0 Å². The molecule has 0 bridgehead atoms. The Labute approximate surface area is 148 Å². The summed E-state index contributed by atoms with van der Waals surface area (Å²) < 4.78 is 40.8. The van der Waals surface area contributed by atoms with Gasteiger partial charge in [-0.15, -0.1) is 11.3 Å². The highest BCUT2D eigenvalue weighted by molar-refractivity contribution is 7.92. The van der Waals surface area contributed by atoms with Gasteiger partial charge in [-0.05, 0) is 35.7 Å². The molecule has 2 N–H and O–H groups in total. The topological polar surface area (TPSA) is 75.3 Å². The van der Waals surface area contributed by atoms with Crippen LogP contribution in [0.15, 0.2) is 70.9 Å². The van der Waals surface area contributed by atoms with Crippen molar-refractivity contribution in [3.63, 3.8) is 0 Å². The van der Waals surface area contributed by atoms with Gasteiger partial charge in [-0.3, -0.25) is 9.52 Å². The van der Waals surface area contributed by atoms with E-state index in [4.69, 9.17) is 0 Å². The maximum atomic E-state index is 13.7. The second-order valence-electron chi connectivity index (χ2n) is 5.02. The van der Waals surface area contributed by atoms with Crippen molar-refractivity contribution in [2.45, 2.75) is 4.90 Å². The van der Waals surface area contributed by atoms with Gasteiger partial charge in [0, 0.05) is 0 Å². The van der Waals surface area contributed by atoms with E-state index in [1.165, 1.54) is 36.4 Å². The third-order valence-electron chi connectivity index (χ3n) is 3.29. The third kappa shape index (κ3) is 3.86. The van der Waals surface area contributed by atoms with Crippen molar-refractivity contribution >= 4 is 38.6 Å². The van der Waals surface area contributed by atoms with Crippen molar-refractivity contribution in [2.75, 3.05) is 10.0 Å². The van der Waals surface area contributed by atoms with E-state index in [2.05, 4.69) is 10.0 Å². The zero-order chi connectivity index (χ0) is 17.9. The maximum absolute atomic E-state index is 13.7. The van der Waals surface area contributed by atoms with E-state index in [0.29, 0.717) is 0 Å². The molecule has 0 saturated carbocycles. The average molecular weight is 376 g/mol. The van der Waals surface area contributed by atoms with E-state index in [0.717, 1.165) is 11.3 Å². The van der Waals surface area contributed by atoms with Crippen molar-refractivity contribution in [3.8, 4) is 0 Å². The number of sulfonamides is 1. The van der Waals surface area contributed by atoms with Gasteiger partial charge < -0.3 is 5.32 Å². The van der Waals surface area contributed by atoms with Crippen LogP contribution in [0.25, 0.3) is 0 Å². The summed E-state index contributed by atoms with van der Waals surface area (Å²) in [6, 6.07) is 15.1.